The van der Waals surface area contributed by atoms with Gasteiger partial charge in [0.1, 0.15) is 24.2 Å². The predicted molar refractivity (Wildman–Crippen MR) is 107 cm³/mol. The van der Waals surface area contributed by atoms with Crippen LogP contribution >= 0.6 is 0 Å². The number of fused-ring (bicyclic) bond motifs is 2. The van der Waals surface area contributed by atoms with Gasteiger partial charge in [-0.2, -0.15) is 0 Å². The highest BCUT2D eigenvalue weighted by Gasteiger charge is 2.13. The fourth-order valence-electron chi connectivity index (χ4n) is 3.18. The normalized spacial score (nSPS) is 13.6. The molecule has 8 nitrogen and oxygen atoms in total. The molecule has 0 radical (unpaired) electrons. The molecule has 0 fully saturated rings. The van der Waals surface area contributed by atoms with Crippen molar-refractivity contribution in [2.75, 3.05) is 26.5 Å². The van der Waals surface area contributed by atoms with Gasteiger partial charge in [-0.1, -0.05) is 6.07 Å². The van der Waals surface area contributed by atoms with Crippen LogP contribution in [0.5, 0.6) is 23.0 Å². The second-order valence-electron chi connectivity index (χ2n) is 6.80. The largest absolute Gasteiger partial charge is 0.506 e. The first-order valence-corrected chi connectivity index (χ1v) is 9.35. The van der Waals surface area contributed by atoms with Crippen LogP contribution in [0.4, 0.5) is 0 Å². The van der Waals surface area contributed by atoms with Gasteiger partial charge in [0.05, 0.1) is 5.52 Å². The highest BCUT2D eigenvalue weighted by molar-refractivity contribution is 5.89. The summed E-state index contributed by atoms with van der Waals surface area (Å²) >= 11 is 0. The SMILES string of the molecule is O=c1ccc2c(OCC(O)CNCCc3ccc4c(c3)OCO4)ccc(O)c2[nH]1. The molecule has 0 saturated heterocycles. The van der Waals surface area contributed by atoms with Crippen molar-refractivity contribution in [3.8, 4) is 23.0 Å². The van der Waals surface area contributed by atoms with E-state index < -0.39 is 6.10 Å². The Morgan fingerprint density at radius 1 is 1.14 bits per heavy atom. The number of aromatic hydroxyl groups is 1. The molecule has 0 saturated carbocycles. The van der Waals surface area contributed by atoms with Crippen LogP contribution in [0.1, 0.15) is 5.56 Å². The Labute approximate surface area is 166 Å². The molecule has 1 atom stereocenters. The maximum atomic E-state index is 11.4. The summed E-state index contributed by atoms with van der Waals surface area (Å²) < 4.78 is 16.4. The van der Waals surface area contributed by atoms with Gasteiger partial charge in [0.15, 0.2) is 11.5 Å². The summed E-state index contributed by atoms with van der Waals surface area (Å²) in [4.78, 5) is 14.0. The second-order valence-corrected chi connectivity index (χ2v) is 6.80. The minimum Gasteiger partial charge on any atom is -0.506 e. The van der Waals surface area contributed by atoms with Crippen LogP contribution in [-0.4, -0.2) is 47.8 Å². The molecule has 0 aliphatic carbocycles. The number of nitrogens with one attached hydrogen (secondary N) is 2. The van der Waals surface area contributed by atoms with Crippen molar-refractivity contribution in [3.05, 3.63) is 58.4 Å². The van der Waals surface area contributed by atoms with Crippen molar-refractivity contribution in [3.63, 3.8) is 0 Å². The molecule has 1 aliphatic rings. The molecule has 4 rings (SSSR count). The van der Waals surface area contributed by atoms with E-state index in [0.29, 0.717) is 29.7 Å². The zero-order valence-corrected chi connectivity index (χ0v) is 15.7. The number of hydrogen-bond acceptors (Lipinski definition) is 7. The first-order valence-electron chi connectivity index (χ1n) is 9.35. The van der Waals surface area contributed by atoms with E-state index in [1.165, 1.54) is 12.1 Å². The average Bonchev–Trinajstić information content (AvgIpc) is 3.19. The highest BCUT2D eigenvalue weighted by atomic mass is 16.7. The molecule has 152 valence electrons. The number of aromatic nitrogens is 1. The number of aliphatic hydroxyl groups excluding tert-OH is 1. The average molecular weight is 398 g/mol. The van der Waals surface area contributed by atoms with Gasteiger partial charge in [-0.15, -0.1) is 0 Å². The molecule has 2 aromatic carbocycles. The Bertz CT molecular complexity index is 1060. The molecule has 8 heteroatoms. The van der Waals surface area contributed by atoms with Gasteiger partial charge in [0.25, 0.3) is 0 Å². The summed E-state index contributed by atoms with van der Waals surface area (Å²) in [6.07, 6.45) is 0.0820. The van der Waals surface area contributed by atoms with Crippen molar-refractivity contribution < 1.29 is 24.4 Å². The molecule has 2 heterocycles. The van der Waals surface area contributed by atoms with Crippen LogP contribution in [0.2, 0.25) is 0 Å². The Hall–Kier alpha value is -3.23. The Morgan fingerprint density at radius 2 is 2.00 bits per heavy atom. The van der Waals surface area contributed by atoms with E-state index in [1.54, 1.807) is 12.1 Å². The van der Waals surface area contributed by atoms with E-state index in [4.69, 9.17) is 14.2 Å². The molecule has 1 unspecified atom stereocenters. The lowest BCUT2D eigenvalue weighted by molar-refractivity contribution is 0.107. The zero-order chi connectivity index (χ0) is 20.2. The van der Waals surface area contributed by atoms with E-state index >= 15 is 0 Å². The number of rotatable bonds is 8. The van der Waals surface area contributed by atoms with Gasteiger partial charge in [0, 0.05) is 18.0 Å². The quantitative estimate of drug-likeness (QED) is 0.426. The summed E-state index contributed by atoms with van der Waals surface area (Å²) in [5, 5.41) is 23.8. The number of H-pyrrole nitrogens is 1. The van der Waals surface area contributed by atoms with Gasteiger partial charge in [-0.3, -0.25) is 4.79 Å². The molecule has 29 heavy (non-hydrogen) atoms. The van der Waals surface area contributed by atoms with Crippen molar-refractivity contribution in [2.24, 2.45) is 0 Å². The van der Waals surface area contributed by atoms with Crippen molar-refractivity contribution in [1.82, 2.24) is 10.3 Å². The third-order valence-electron chi connectivity index (χ3n) is 4.67. The van der Waals surface area contributed by atoms with Crippen LogP contribution in [0.3, 0.4) is 0 Å². The molecule has 1 aliphatic heterocycles. The molecular weight excluding hydrogens is 376 g/mol. The first kappa shape index (κ1) is 19.1. The third kappa shape index (κ3) is 4.44. The number of phenolic OH excluding ortho intramolecular Hbond substituents is 1. The summed E-state index contributed by atoms with van der Waals surface area (Å²) in [6, 6.07) is 11.9. The van der Waals surface area contributed by atoms with Crippen LogP contribution in [0.25, 0.3) is 10.9 Å². The number of benzene rings is 2. The van der Waals surface area contributed by atoms with Gasteiger partial charge in [-0.25, -0.2) is 0 Å². The van der Waals surface area contributed by atoms with E-state index in [-0.39, 0.29) is 24.7 Å². The van der Waals surface area contributed by atoms with Crippen LogP contribution in [0, 0.1) is 0 Å². The number of hydrogen-bond donors (Lipinski definition) is 4. The molecule has 0 bridgehead atoms. The lowest BCUT2D eigenvalue weighted by Crippen LogP contribution is -2.32. The smallest absolute Gasteiger partial charge is 0.248 e. The standard InChI is InChI=1S/C21H22N2O6/c24-14(10-22-8-7-13-1-4-18-19(9-13)29-12-28-18)11-27-17-5-3-16(25)21-15(17)2-6-20(26)23-21/h1-6,9,14,22,24-25H,7-8,10-12H2,(H,23,26). The Kier molecular flexibility index (Phi) is 5.55. The Balaban J connectivity index is 1.25. The number of phenols is 1. The second kappa shape index (κ2) is 8.42. The maximum absolute atomic E-state index is 11.4. The van der Waals surface area contributed by atoms with Crippen LogP contribution < -0.4 is 25.1 Å². The van der Waals surface area contributed by atoms with Gasteiger partial charge in [0.2, 0.25) is 12.4 Å². The summed E-state index contributed by atoms with van der Waals surface area (Å²) in [7, 11) is 0. The maximum Gasteiger partial charge on any atom is 0.248 e. The highest BCUT2D eigenvalue weighted by Crippen LogP contribution is 2.32. The Morgan fingerprint density at radius 3 is 2.90 bits per heavy atom. The number of aromatic amines is 1. The van der Waals surface area contributed by atoms with E-state index in [9.17, 15) is 15.0 Å². The van der Waals surface area contributed by atoms with Crippen molar-refractivity contribution >= 4 is 10.9 Å². The molecule has 3 aromatic rings. The lowest BCUT2D eigenvalue weighted by Gasteiger charge is -2.15. The fraction of sp³-hybridized carbons (Fsp3) is 0.286. The minimum absolute atomic E-state index is 0.0317. The monoisotopic (exact) mass is 398 g/mol. The zero-order valence-electron chi connectivity index (χ0n) is 15.7. The number of pyridine rings is 1. The van der Waals surface area contributed by atoms with E-state index in [2.05, 4.69) is 10.3 Å². The summed E-state index contributed by atoms with van der Waals surface area (Å²) in [6.45, 7) is 1.41. The molecule has 0 amide bonds. The van der Waals surface area contributed by atoms with Gasteiger partial charge >= 0.3 is 0 Å². The first-order chi connectivity index (χ1) is 14.1. The molecule has 0 spiro atoms. The van der Waals surface area contributed by atoms with Crippen LogP contribution in [0.15, 0.2) is 47.3 Å². The molecular formula is C21H22N2O6. The predicted octanol–water partition coefficient (Wildman–Crippen LogP) is 1.53. The summed E-state index contributed by atoms with van der Waals surface area (Å²) in [5.74, 6) is 1.97. The topological polar surface area (TPSA) is 113 Å². The van der Waals surface area contributed by atoms with E-state index in [1.807, 2.05) is 18.2 Å². The summed E-state index contributed by atoms with van der Waals surface area (Å²) in [5.41, 5.74) is 1.13. The van der Waals surface area contributed by atoms with Gasteiger partial charge in [-0.05, 0) is 48.9 Å². The number of aliphatic hydroxyl groups is 1. The molecule has 1 aromatic heterocycles. The van der Waals surface area contributed by atoms with Crippen molar-refractivity contribution in [1.29, 1.82) is 0 Å². The lowest BCUT2D eigenvalue weighted by atomic mass is 10.1. The third-order valence-corrected chi connectivity index (χ3v) is 4.67. The van der Waals surface area contributed by atoms with Crippen molar-refractivity contribution in [2.45, 2.75) is 12.5 Å². The van der Waals surface area contributed by atoms with Gasteiger partial charge < -0.3 is 34.7 Å². The molecule has 4 N–H and O–H groups in total. The minimum atomic E-state index is -0.710. The van der Waals surface area contributed by atoms with Crippen LogP contribution in [-0.2, 0) is 6.42 Å². The van der Waals surface area contributed by atoms with E-state index in [0.717, 1.165) is 23.5 Å². The number of ether oxygens (including phenoxy) is 3. The fourth-order valence-corrected chi connectivity index (χ4v) is 3.18.